The normalized spacial score (nSPS) is 23.3. The van der Waals surface area contributed by atoms with E-state index in [4.69, 9.17) is 0 Å². The van der Waals surface area contributed by atoms with Gasteiger partial charge >= 0.3 is 0 Å². The second kappa shape index (κ2) is 7.53. The number of fused-ring (bicyclic) bond motifs is 1. The molecule has 0 spiro atoms. The van der Waals surface area contributed by atoms with E-state index in [9.17, 15) is 4.39 Å². The Balaban J connectivity index is 1.34. The van der Waals surface area contributed by atoms with Gasteiger partial charge in [0.1, 0.15) is 18.0 Å². The Labute approximate surface area is 168 Å². The van der Waals surface area contributed by atoms with Crippen LogP contribution in [0.1, 0.15) is 42.6 Å². The van der Waals surface area contributed by atoms with E-state index in [1.807, 2.05) is 22.9 Å². The van der Waals surface area contributed by atoms with Gasteiger partial charge in [0.05, 0.1) is 17.9 Å². The van der Waals surface area contributed by atoms with Gasteiger partial charge in [-0.25, -0.2) is 29.9 Å². The maximum absolute atomic E-state index is 13.3. The van der Waals surface area contributed by atoms with Crippen LogP contribution in [0.2, 0.25) is 0 Å². The van der Waals surface area contributed by atoms with Gasteiger partial charge < -0.3 is 5.32 Å². The van der Waals surface area contributed by atoms with Crippen LogP contribution in [0.3, 0.4) is 0 Å². The molecule has 3 heterocycles. The molecule has 1 saturated heterocycles. The minimum absolute atomic E-state index is 0.0135. The first-order valence-corrected chi connectivity index (χ1v) is 10.1. The third-order valence-electron chi connectivity index (χ3n) is 5.88. The fraction of sp³-hybridized carbons (Fsp3) is 0.381. The molecule has 3 atom stereocenters. The summed E-state index contributed by atoms with van der Waals surface area (Å²) in [7, 11) is 0. The predicted octanol–water partition coefficient (Wildman–Crippen LogP) is 2.90. The summed E-state index contributed by atoms with van der Waals surface area (Å²) in [6, 6.07) is 8.68. The maximum atomic E-state index is 13.3. The van der Waals surface area contributed by atoms with Gasteiger partial charge in [-0.2, -0.15) is 5.10 Å². The maximum Gasteiger partial charge on any atom is 0.158 e. The summed E-state index contributed by atoms with van der Waals surface area (Å²) in [4.78, 5) is 8.77. The Hall–Kier alpha value is -2.84. The van der Waals surface area contributed by atoms with Crippen LogP contribution in [0.25, 0.3) is 5.82 Å². The third kappa shape index (κ3) is 3.49. The first kappa shape index (κ1) is 18.2. The van der Waals surface area contributed by atoms with Crippen LogP contribution in [0, 0.1) is 11.7 Å². The summed E-state index contributed by atoms with van der Waals surface area (Å²) in [6.07, 6.45) is 7.88. The molecule has 0 saturated carbocycles. The van der Waals surface area contributed by atoms with Crippen molar-refractivity contribution in [3.63, 3.8) is 0 Å². The first-order chi connectivity index (χ1) is 14.2. The number of hydrogen-bond acceptors (Lipinski definition) is 6. The Morgan fingerprint density at radius 2 is 2.03 bits per heavy atom. The van der Waals surface area contributed by atoms with Gasteiger partial charge in [-0.3, -0.25) is 0 Å². The van der Waals surface area contributed by atoms with Gasteiger partial charge in [-0.1, -0.05) is 19.1 Å². The van der Waals surface area contributed by atoms with Crippen molar-refractivity contribution in [2.75, 3.05) is 5.32 Å². The lowest BCUT2D eigenvalue weighted by atomic mass is 9.90. The van der Waals surface area contributed by atoms with E-state index in [1.54, 1.807) is 6.33 Å². The van der Waals surface area contributed by atoms with Crippen molar-refractivity contribution in [1.82, 2.24) is 30.6 Å². The van der Waals surface area contributed by atoms with E-state index in [2.05, 4.69) is 44.4 Å². The number of nitrogens with one attached hydrogen (secondary N) is 3. The summed E-state index contributed by atoms with van der Waals surface area (Å²) in [6.45, 7) is 2.15. The van der Waals surface area contributed by atoms with Crippen LogP contribution in [-0.2, 0) is 12.8 Å². The SMILES string of the molecule is CCC1C(Nc2cc(-n3cc4c(n3)CCC4)ncn2)NNC1c1ccc(F)cc1. The number of aryl methyl sites for hydroxylation is 2. The van der Waals surface area contributed by atoms with Gasteiger partial charge in [-0.05, 0) is 48.9 Å². The minimum atomic E-state index is -0.222. The van der Waals surface area contributed by atoms with E-state index in [0.29, 0.717) is 0 Å². The van der Waals surface area contributed by atoms with Gasteiger partial charge in [0.2, 0.25) is 0 Å². The number of nitrogens with zero attached hydrogens (tertiary/aromatic N) is 4. The molecule has 1 aliphatic heterocycles. The Morgan fingerprint density at radius 1 is 1.17 bits per heavy atom. The Kier molecular flexibility index (Phi) is 4.73. The summed E-state index contributed by atoms with van der Waals surface area (Å²) >= 11 is 0. The fourth-order valence-corrected chi connectivity index (χ4v) is 4.34. The number of aromatic nitrogens is 4. The molecule has 3 unspecified atom stereocenters. The monoisotopic (exact) mass is 393 g/mol. The van der Waals surface area contributed by atoms with Gasteiger partial charge in [0.25, 0.3) is 0 Å². The molecule has 3 N–H and O–H groups in total. The van der Waals surface area contributed by atoms with Crippen LogP contribution < -0.4 is 16.2 Å². The molecule has 29 heavy (non-hydrogen) atoms. The second-order valence-corrected chi connectivity index (χ2v) is 7.67. The molecule has 1 aromatic carbocycles. The topological polar surface area (TPSA) is 79.7 Å². The zero-order valence-electron chi connectivity index (χ0n) is 16.3. The molecule has 1 fully saturated rings. The van der Waals surface area contributed by atoms with Crippen molar-refractivity contribution >= 4 is 5.82 Å². The molecule has 0 radical (unpaired) electrons. The lowest BCUT2D eigenvalue weighted by molar-refractivity contribution is 0.425. The number of halogens is 1. The average molecular weight is 393 g/mol. The summed E-state index contributed by atoms with van der Waals surface area (Å²) in [5.41, 5.74) is 10.2. The van der Waals surface area contributed by atoms with E-state index in [-0.39, 0.29) is 23.9 Å². The highest BCUT2D eigenvalue weighted by molar-refractivity contribution is 5.42. The van der Waals surface area contributed by atoms with Crippen LogP contribution in [0.4, 0.5) is 10.2 Å². The molecular formula is C21H24FN7. The first-order valence-electron chi connectivity index (χ1n) is 10.1. The lowest BCUT2D eigenvalue weighted by Gasteiger charge is -2.23. The quantitative estimate of drug-likeness (QED) is 0.619. The van der Waals surface area contributed by atoms with Crippen molar-refractivity contribution in [2.24, 2.45) is 5.92 Å². The van der Waals surface area contributed by atoms with Crippen molar-refractivity contribution in [1.29, 1.82) is 0 Å². The predicted molar refractivity (Wildman–Crippen MR) is 108 cm³/mol. The van der Waals surface area contributed by atoms with E-state index in [1.165, 1.54) is 29.8 Å². The van der Waals surface area contributed by atoms with Crippen LogP contribution in [-0.4, -0.2) is 25.9 Å². The third-order valence-corrected chi connectivity index (χ3v) is 5.88. The summed E-state index contributed by atoms with van der Waals surface area (Å²) in [5.74, 6) is 1.54. The number of hydrogen-bond donors (Lipinski definition) is 3. The van der Waals surface area contributed by atoms with E-state index >= 15 is 0 Å². The van der Waals surface area contributed by atoms with Crippen molar-refractivity contribution in [2.45, 2.75) is 44.8 Å². The highest BCUT2D eigenvalue weighted by atomic mass is 19.1. The fourth-order valence-electron chi connectivity index (χ4n) is 4.34. The van der Waals surface area contributed by atoms with Gasteiger partial charge in [0, 0.05) is 18.2 Å². The molecule has 3 aromatic rings. The van der Waals surface area contributed by atoms with Crippen molar-refractivity contribution in [3.05, 3.63) is 65.5 Å². The number of benzene rings is 1. The van der Waals surface area contributed by atoms with Gasteiger partial charge in [-0.15, -0.1) is 0 Å². The van der Waals surface area contributed by atoms with Crippen LogP contribution in [0.5, 0.6) is 0 Å². The second-order valence-electron chi connectivity index (χ2n) is 7.67. The average Bonchev–Trinajstić information content (AvgIpc) is 3.43. The summed E-state index contributed by atoms with van der Waals surface area (Å²) in [5, 5.41) is 8.14. The molecule has 2 aromatic heterocycles. The van der Waals surface area contributed by atoms with Crippen molar-refractivity contribution in [3.8, 4) is 5.82 Å². The molecule has 5 rings (SSSR count). The smallest absolute Gasteiger partial charge is 0.158 e. The number of rotatable bonds is 5. The van der Waals surface area contributed by atoms with Crippen molar-refractivity contribution < 1.29 is 4.39 Å². The molecule has 1 aliphatic carbocycles. The van der Waals surface area contributed by atoms with E-state index in [0.717, 1.165) is 36.5 Å². The minimum Gasteiger partial charge on any atom is -0.353 e. The zero-order chi connectivity index (χ0) is 19.8. The molecule has 0 bridgehead atoms. The molecule has 150 valence electrons. The highest BCUT2D eigenvalue weighted by Crippen LogP contribution is 2.31. The zero-order valence-corrected chi connectivity index (χ0v) is 16.3. The Bertz CT molecular complexity index is 979. The lowest BCUT2D eigenvalue weighted by Crippen LogP contribution is -2.38. The van der Waals surface area contributed by atoms with Crippen LogP contribution >= 0.6 is 0 Å². The molecule has 8 heteroatoms. The largest absolute Gasteiger partial charge is 0.353 e. The van der Waals surface area contributed by atoms with Crippen LogP contribution in [0.15, 0.2) is 42.9 Å². The molecule has 7 nitrogen and oxygen atoms in total. The Morgan fingerprint density at radius 3 is 2.83 bits per heavy atom. The highest BCUT2D eigenvalue weighted by Gasteiger charge is 2.35. The molecule has 0 amide bonds. The summed E-state index contributed by atoms with van der Waals surface area (Å²) < 4.78 is 15.1. The van der Waals surface area contributed by atoms with E-state index < -0.39 is 0 Å². The van der Waals surface area contributed by atoms with Gasteiger partial charge in [0.15, 0.2) is 5.82 Å². The number of anilines is 1. The molecule has 2 aliphatic rings. The number of hydrazine groups is 1. The standard InChI is InChI=1S/C21H24FN7/c1-2-16-20(13-6-8-15(22)9-7-13)26-27-21(16)25-18-10-19(24-12-23-18)29-11-14-4-3-5-17(14)28-29/h6-12,16,20-21,26-27H,2-5H2,1H3,(H,23,24,25). The molecular weight excluding hydrogens is 369 g/mol.